The van der Waals surface area contributed by atoms with Gasteiger partial charge in [0, 0.05) is 17.7 Å². The summed E-state index contributed by atoms with van der Waals surface area (Å²) in [7, 11) is 1.58. The molecule has 3 heteroatoms. The summed E-state index contributed by atoms with van der Waals surface area (Å²) in [5.74, 6) is 0.695. The Morgan fingerprint density at radius 1 is 1.59 bits per heavy atom. The molecule has 0 bridgehead atoms. The predicted octanol–water partition coefficient (Wildman–Crippen LogP) is 3.27. The number of allylic oxidation sites excluding steroid dienone is 1. The number of aromatic nitrogens is 1. The molecule has 0 unspecified atom stereocenters. The summed E-state index contributed by atoms with van der Waals surface area (Å²) in [6, 6.07) is 3.41. The fraction of sp³-hybridized carbons (Fsp3) is 0.429. The standard InChI is InChI=1S/C14H19NO2/c1-5-6-8-14(2,3)13(16)12-10-11(17-4)7-9-15-12/h5,7,9-10H,1,6,8H2,2-4H3. The van der Waals surface area contributed by atoms with Crippen LogP contribution in [-0.4, -0.2) is 17.9 Å². The summed E-state index contributed by atoms with van der Waals surface area (Å²) in [6.07, 6.45) is 5.01. The molecule has 0 fully saturated rings. The molecule has 0 N–H and O–H groups in total. The van der Waals surface area contributed by atoms with Crippen molar-refractivity contribution in [2.75, 3.05) is 7.11 Å². The number of hydrogen-bond acceptors (Lipinski definition) is 3. The lowest BCUT2D eigenvalue weighted by Gasteiger charge is -2.21. The minimum atomic E-state index is -0.423. The van der Waals surface area contributed by atoms with Crippen LogP contribution in [0.1, 0.15) is 37.2 Å². The second-order valence-electron chi connectivity index (χ2n) is 4.62. The van der Waals surface area contributed by atoms with Gasteiger partial charge in [-0.15, -0.1) is 6.58 Å². The van der Waals surface area contributed by atoms with E-state index in [9.17, 15) is 4.79 Å². The molecule has 0 spiro atoms. The Morgan fingerprint density at radius 2 is 2.29 bits per heavy atom. The van der Waals surface area contributed by atoms with E-state index in [1.54, 1.807) is 25.4 Å². The van der Waals surface area contributed by atoms with Gasteiger partial charge in [0.05, 0.1) is 7.11 Å². The molecule has 0 amide bonds. The minimum Gasteiger partial charge on any atom is -0.497 e. The topological polar surface area (TPSA) is 39.2 Å². The maximum absolute atomic E-state index is 12.3. The highest BCUT2D eigenvalue weighted by atomic mass is 16.5. The molecule has 0 radical (unpaired) electrons. The maximum atomic E-state index is 12.3. The van der Waals surface area contributed by atoms with Crippen LogP contribution >= 0.6 is 0 Å². The highest BCUT2D eigenvalue weighted by Crippen LogP contribution is 2.27. The van der Waals surface area contributed by atoms with Crippen molar-refractivity contribution in [1.82, 2.24) is 4.98 Å². The number of Topliss-reactive ketones (excluding diaryl/α,β-unsaturated/α-hetero) is 1. The molecule has 0 atom stereocenters. The lowest BCUT2D eigenvalue weighted by molar-refractivity contribution is 0.0822. The van der Waals surface area contributed by atoms with Gasteiger partial charge in [0.2, 0.25) is 0 Å². The third-order valence-corrected chi connectivity index (χ3v) is 2.79. The average Bonchev–Trinajstić information content (AvgIpc) is 2.35. The Morgan fingerprint density at radius 3 is 2.88 bits per heavy atom. The summed E-state index contributed by atoms with van der Waals surface area (Å²) >= 11 is 0. The fourth-order valence-corrected chi connectivity index (χ4v) is 1.59. The summed E-state index contributed by atoms with van der Waals surface area (Å²) < 4.78 is 5.09. The van der Waals surface area contributed by atoms with Crippen LogP contribution in [0, 0.1) is 5.41 Å². The quantitative estimate of drug-likeness (QED) is 0.559. The zero-order chi connectivity index (χ0) is 12.9. The lowest BCUT2D eigenvalue weighted by Crippen LogP contribution is -2.25. The van der Waals surface area contributed by atoms with Crippen molar-refractivity contribution >= 4 is 5.78 Å². The molecule has 92 valence electrons. The van der Waals surface area contributed by atoms with Crippen molar-refractivity contribution in [3.8, 4) is 5.75 Å². The second kappa shape index (κ2) is 5.62. The second-order valence-corrected chi connectivity index (χ2v) is 4.62. The van der Waals surface area contributed by atoms with Gasteiger partial charge in [0.25, 0.3) is 0 Å². The Hall–Kier alpha value is -1.64. The summed E-state index contributed by atoms with van der Waals surface area (Å²) in [5, 5.41) is 0. The molecule has 0 aliphatic heterocycles. The number of carbonyl (C=O) groups excluding carboxylic acids is 1. The summed E-state index contributed by atoms with van der Waals surface area (Å²) in [5.41, 5.74) is 0.0338. The summed E-state index contributed by atoms with van der Waals surface area (Å²) in [4.78, 5) is 16.4. The van der Waals surface area contributed by atoms with Crippen molar-refractivity contribution in [3.05, 3.63) is 36.7 Å². The molecule has 0 aliphatic rings. The first-order chi connectivity index (χ1) is 8.01. The van der Waals surface area contributed by atoms with Crippen LogP contribution in [0.25, 0.3) is 0 Å². The monoisotopic (exact) mass is 233 g/mol. The molecule has 0 aliphatic carbocycles. The van der Waals surface area contributed by atoms with Gasteiger partial charge in [-0.3, -0.25) is 9.78 Å². The number of hydrogen-bond donors (Lipinski definition) is 0. The van der Waals surface area contributed by atoms with Crippen molar-refractivity contribution in [3.63, 3.8) is 0 Å². The highest BCUT2D eigenvalue weighted by molar-refractivity contribution is 5.98. The first kappa shape index (κ1) is 13.4. The minimum absolute atomic E-state index is 0.0400. The Balaban J connectivity index is 2.90. The molecule has 1 heterocycles. The van der Waals surface area contributed by atoms with E-state index in [2.05, 4.69) is 11.6 Å². The van der Waals surface area contributed by atoms with Crippen molar-refractivity contribution in [2.24, 2.45) is 5.41 Å². The number of pyridine rings is 1. The molecular formula is C14H19NO2. The molecule has 1 rings (SSSR count). The van der Waals surface area contributed by atoms with Crippen LogP contribution in [-0.2, 0) is 0 Å². The highest BCUT2D eigenvalue weighted by Gasteiger charge is 2.28. The van der Waals surface area contributed by atoms with E-state index in [-0.39, 0.29) is 5.78 Å². The molecule has 3 nitrogen and oxygen atoms in total. The van der Waals surface area contributed by atoms with Gasteiger partial charge >= 0.3 is 0 Å². The van der Waals surface area contributed by atoms with E-state index < -0.39 is 5.41 Å². The van der Waals surface area contributed by atoms with Crippen LogP contribution < -0.4 is 4.74 Å². The maximum Gasteiger partial charge on any atom is 0.186 e. The van der Waals surface area contributed by atoms with E-state index in [0.29, 0.717) is 11.4 Å². The van der Waals surface area contributed by atoms with E-state index in [4.69, 9.17) is 4.74 Å². The number of ether oxygens (including phenoxy) is 1. The third-order valence-electron chi connectivity index (χ3n) is 2.79. The van der Waals surface area contributed by atoms with Gasteiger partial charge in [-0.05, 0) is 18.9 Å². The lowest BCUT2D eigenvalue weighted by atomic mass is 9.82. The van der Waals surface area contributed by atoms with Gasteiger partial charge in [0.1, 0.15) is 11.4 Å². The van der Waals surface area contributed by atoms with Gasteiger partial charge in [-0.2, -0.15) is 0 Å². The molecule has 1 aromatic rings. The van der Waals surface area contributed by atoms with Crippen LogP contribution in [0.3, 0.4) is 0 Å². The van der Waals surface area contributed by atoms with Crippen molar-refractivity contribution in [2.45, 2.75) is 26.7 Å². The van der Waals surface area contributed by atoms with Gasteiger partial charge in [-0.25, -0.2) is 0 Å². The van der Waals surface area contributed by atoms with Gasteiger partial charge in [-0.1, -0.05) is 19.9 Å². The Labute approximate surface area is 103 Å². The van der Waals surface area contributed by atoms with E-state index in [1.165, 1.54) is 0 Å². The number of rotatable bonds is 6. The number of nitrogens with zero attached hydrogens (tertiary/aromatic N) is 1. The van der Waals surface area contributed by atoms with E-state index >= 15 is 0 Å². The first-order valence-corrected chi connectivity index (χ1v) is 5.67. The smallest absolute Gasteiger partial charge is 0.186 e. The molecule has 1 aromatic heterocycles. The molecular weight excluding hydrogens is 214 g/mol. The van der Waals surface area contributed by atoms with Gasteiger partial charge in [0.15, 0.2) is 5.78 Å². The zero-order valence-corrected chi connectivity index (χ0v) is 10.7. The Kier molecular flexibility index (Phi) is 4.44. The number of ketones is 1. The largest absolute Gasteiger partial charge is 0.497 e. The van der Waals surface area contributed by atoms with Crippen LogP contribution in [0.2, 0.25) is 0 Å². The normalized spacial score (nSPS) is 11.0. The number of methoxy groups -OCH3 is 1. The molecule has 0 saturated carbocycles. The van der Waals surface area contributed by atoms with E-state index in [0.717, 1.165) is 12.8 Å². The summed E-state index contributed by atoms with van der Waals surface area (Å²) in [6.45, 7) is 7.54. The van der Waals surface area contributed by atoms with Crippen LogP contribution in [0.4, 0.5) is 0 Å². The average molecular weight is 233 g/mol. The van der Waals surface area contributed by atoms with Gasteiger partial charge < -0.3 is 4.74 Å². The van der Waals surface area contributed by atoms with E-state index in [1.807, 2.05) is 19.9 Å². The third kappa shape index (κ3) is 3.41. The van der Waals surface area contributed by atoms with Crippen LogP contribution in [0.15, 0.2) is 31.0 Å². The van der Waals surface area contributed by atoms with Crippen molar-refractivity contribution in [1.29, 1.82) is 0 Å². The molecule has 17 heavy (non-hydrogen) atoms. The zero-order valence-electron chi connectivity index (χ0n) is 10.7. The fourth-order valence-electron chi connectivity index (χ4n) is 1.59. The van der Waals surface area contributed by atoms with Crippen LogP contribution in [0.5, 0.6) is 5.75 Å². The molecule has 0 saturated heterocycles. The predicted molar refractivity (Wildman–Crippen MR) is 68.3 cm³/mol. The SMILES string of the molecule is C=CCCC(C)(C)C(=O)c1cc(OC)ccn1. The van der Waals surface area contributed by atoms with Crippen molar-refractivity contribution < 1.29 is 9.53 Å². The first-order valence-electron chi connectivity index (χ1n) is 5.67. The molecule has 0 aromatic carbocycles. The number of carbonyl (C=O) groups is 1. The Bertz CT molecular complexity index is 410.